The van der Waals surface area contributed by atoms with Gasteiger partial charge in [0.05, 0.1) is 0 Å². The first kappa shape index (κ1) is 8.66. The number of hydrogen-bond donors (Lipinski definition) is 1. The fourth-order valence-corrected chi connectivity index (χ4v) is 1.49. The molecule has 1 heteroatoms. The summed E-state index contributed by atoms with van der Waals surface area (Å²) in [6, 6.07) is 6.49. The fraction of sp³-hybridized carbons (Fsp3) is 0.400. The van der Waals surface area contributed by atoms with Gasteiger partial charge in [-0.05, 0) is 31.9 Å². The van der Waals surface area contributed by atoms with Crippen LogP contribution in [0.1, 0.15) is 28.9 Å². The van der Waals surface area contributed by atoms with Crippen molar-refractivity contribution < 1.29 is 0 Å². The zero-order valence-corrected chi connectivity index (χ0v) is 8.15. The number of rotatable bonds is 1. The maximum Gasteiger partial charge on any atom is 0.0241 e. The molecule has 0 bridgehead atoms. The van der Waals surface area contributed by atoms with Crippen LogP contribution in [0.3, 0.4) is 0 Å². The van der Waals surface area contributed by atoms with Crippen molar-refractivity contribution >= 4 is 12.6 Å². The monoisotopic (exact) mass is 166 g/mol. The molecule has 1 unspecified atom stereocenters. The van der Waals surface area contributed by atoms with Crippen LogP contribution < -0.4 is 0 Å². The predicted molar refractivity (Wildman–Crippen MR) is 53.3 cm³/mol. The summed E-state index contributed by atoms with van der Waals surface area (Å²) in [6.45, 7) is 6.34. The molecule has 0 heterocycles. The van der Waals surface area contributed by atoms with Crippen LogP contribution in [0.2, 0.25) is 0 Å². The Kier molecular flexibility index (Phi) is 2.61. The van der Waals surface area contributed by atoms with Crippen molar-refractivity contribution in [2.75, 3.05) is 0 Å². The van der Waals surface area contributed by atoms with E-state index in [9.17, 15) is 0 Å². The summed E-state index contributed by atoms with van der Waals surface area (Å²) in [5.41, 5.74) is 3.98. The van der Waals surface area contributed by atoms with Gasteiger partial charge in [-0.15, -0.1) is 0 Å². The molecule has 0 amide bonds. The van der Waals surface area contributed by atoms with Gasteiger partial charge in [-0.3, -0.25) is 0 Å². The van der Waals surface area contributed by atoms with Gasteiger partial charge >= 0.3 is 0 Å². The molecule has 0 aromatic heterocycles. The van der Waals surface area contributed by atoms with Crippen LogP contribution in [0, 0.1) is 13.8 Å². The van der Waals surface area contributed by atoms with Crippen LogP contribution in [0.15, 0.2) is 18.2 Å². The summed E-state index contributed by atoms with van der Waals surface area (Å²) in [6.07, 6.45) is 0. The van der Waals surface area contributed by atoms with Crippen molar-refractivity contribution in [3.63, 3.8) is 0 Å². The van der Waals surface area contributed by atoms with Gasteiger partial charge in [-0.2, -0.15) is 12.6 Å². The van der Waals surface area contributed by atoms with Gasteiger partial charge in [0.1, 0.15) is 0 Å². The molecular weight excluding hydrogens is 152 g/mol. The van der Waals surface area contributed by atoms with E-state index in [0.717, 1.165) is 0 Å². The Hall–Kier alpha value is -0.430. The molecule has 0 aliphatic carbocycles. The molecule has 0 aliphatic heterocycles. The second-order valence-corrected chi connectivity index (χ2v) is 3.81. The Morgan fingerprint density at radius 1 is 1.27 bits per heavy atom. The second kappa shape index (κ2) is 3.31. The highest BCUT2D eigenvalue weighted by molar-refractivity contribution is 7.80. The highest BCUT2D eigenvalue weighted by Crippen LogP contribution is 2.23. The van der Waals surface area contributed by atoms with E-state index in [1.54, 1.807) is 0 Å². The van der Waals surface area contributed by atoms with Crippen molar-refractivity contribution in [2.45, 2.75) is 26.0 Å². The predicted octanol–water partition coefficient (Wildman–Crippen LogP) is 3.29. The molecule has 0 spiro atoms. The van der Waals surface area contributed by atoms with Gasteiger partial charge in [0, 0.05) is 5.25 Å². The number of thiol groups is 1. The standard InChI is InChI=1S/C10H14S/c1-7-4-5-8(2)10(6-7)9(3)11/h4-6,9,11H,1-3H3. The van der Waals surface area contributed by atoms with Gasteiger partial charge in [0.15, 0.2) is 0 Å². The lowest BCUT2D eigenvalue weighted by Crippen LogP contribution is -1.89. The Morgan fingerprint density at radius 2 is 1.91 bits per heavy atom. The Bertz CT molecular complexity index is 251. The van der Waals surface area contributed by atoms with Crippen LogP contribution in [-0.4, -0.2) is 0 Å². The molecule has 0 radical (unpaired) electrons. The molecule has 1 aromatic rings. The van der Waals surface area contributed by atoms with Gasteiger partial charge in [-0.1, -0.05) is 23.8 Å². The molecule has 0 fully saturated rings. The lowest BCUT2D eigenvalue weighted by atomic mass is 10.0. The second-order valence-electron chi connectivity index (χ2n) is 3.04. The van der Waals surface area contributed by atoms with Crippen LogP contribution in [-0.2, 0) is 0 Å². The molecule has 11 heavy (non-hydrogen) atoms. The minimum Gasteiger partial charge on any atom is -0.171 e. The minimum atomic E-state index is 0.342. The van der Waals surface area contributed by atoms with E-state index in [2.05, 4.69) is 51.6 Å². The van der Waals surface area contributed by atoms with Crippen molar-refractivity contribution in [3.8, 4) is 0 Å². The van der Waals surface area contributed by atoms with E-state index in [1.165, 1.54) is 16.7 Å². The Balaban J connectivity index is 3.13. The number of aryl methyl sites for hydroxylation is 2. The maximum atomic E-state index is 4.40. The number of benzene rings is 1. The topological polar surface area (TPSA) is 0 Å². The van der Waals surface area contributed by atoms with Crippen LogP contribution in [0.5, 0.6) is 0 Å². The van der Waals surface area contributed by atoms with Gasteiger partial charge in [0.25, 0.3) is 0 Å². The van der Waals surface area contributed by atoms with Gasteiger partial charge in [-0.25, -0.2) is 0 Å². The molecule has 0 saturated carbocycles. The third-order valence-corrected chi connectivity index (χ3v) is 2.16. The lowest BCUT2D eigenvalue weighted by Gasteiger charge is -2.09. The normalized spacial score (nSPS) is 13.1. The minimum absolute atomic E-state index is 0.342. The average molecular weight is 166 g/mol. The van der Waals surface area contributed by atoms with E-state index < -0.39 is 0 Å². The average Bonchev–Trinajstić information content (AvgIpc) is 1.94. The largest absolute Gasteiger partial charge is 0.171 e. The molecule has 0 nitrogen and oxygen atoms in total. The molecule has 1 aromatic carbocycles. The van der Waals surface area contributed by atoms with Gasteiger partial charge < -0.3 is 0 Å². The van der Waals surface area contributed by atoms with Crippen molar-refractivity contribution in [2.24, 2.45) is 0 Å². The van der Waals surface area contributed by atoms with E-state index in [4.69, 9.17) is 0 Å². The third kappa shape index (κ3) is 2.00. The highest BCUT2D eigenvalue weighted by atomic mass is 32.1. The molecule has 1 rings (SSSR count). The van der Waals surface area contributed by atoms with Crippen molar-refractivity contribution in [1.82, 2.24) is 0 Å². The van der Waals surface area contributed by atoms with Crippen molar-refractivity contribution in [1.29, 1.82) is 0 Å². The molecule has 60 valence electrons. The van der Waals surface area contributed by atoms with Gasteiger partial charge in [0.2, 0.25) is 0 Å². The van der Waals surface area contributed by atoms with E-state index in [1.807, 2.05) is 0 Å². The molecule has 0 N–H and O–H groups in total. The van der Waals surface area contributed by atoms with E-state index in [-0.39, 0.29) is 0 Å². The smallest absolute Gasteiger partial charge is 0.0241 e. The van der Waals surface area contributed by atoms with Crippen molar-refractivity contribution in [3.05, 3.63) is 34.9 Å². The quantitative estimate of drug-likeness (QED) is 0.608. The summed E-state index contributed by atoms with van der Waals surface area (Å²) < 4.78 is 0. The zero-order chi connectivity index (χ0) is 8.43. The summed E-state index contributed by atoms with van der Waals surface area (Å²) in [5, 5.41) is 0.342. The molecule has 1 atom stereocenters. The van der Waals surface area contributed by atoms with E-state index >= 15 is 0 Å². The first-order valence-corrected chi connectivity index (χ1v) is 4.38. The summed E-state index contributed by atoms with van der Waals surface area (Å²) in [4.78, 5) is 0. The summed E-state index contributed by atoms with van der Waals surface area (Å²) >= 11 is 4.40. The Labute approximate surface area is 74.0 Å². The SMILES string of the molecule is Cc1ccc(C)c(C(C)S)c1. The number of hydrogen-bond acceptors (Lipinski definition) is 1. The first-order chi connectivity index (χ1) is 5.11. The van der Waals surface area contributed by atoms with E-state index in [0.29, 0.717) is 5.25 Å². The zero-order valence-electron chi connectivity index (χ0n) is 7.26. The summed E-state index contributed by atoms with van der Waals surface area (Å²) in [7, 11) is 0. The molecular formula is C10H14S. The van der Waals surface area contributed by atoms with Crippen LogP contribution in [0.4, 0.5) is 0 Å². The van der Waals surface area contributed by atoms with Crippen LogP contribution >= 0.6 is 12.6 Å². The third-order valence-electron chi connectivity index (χ3n) is 1.88. The first-order valence-electron chi connectivity index (χ1n) is 3.86. The van der Waals surface area contributed by atoms with Crippen LogP contribution in [0.25, 0.3) is 0 Å². The molecule has 0 aliphatic rings. The Morgan fingerprint density at radius 3 is 2.36 bits per heavy atom. The lowest BCUT2D eigenvalue weighted by molar-refractivity contribution is 1.08. The summed E-state index contributed by atoms with van der Waals surface area (Å²) in [5.74, 6) is 0. The highest BCUT2D eigenvalue weighted by Gasteiger charge is 2.02. The maximum absolute atomic E-state index is 4.40. The molecule has 0 saturated heterocycles. The fourth-order valence-electron chi connectivity index (χ4n) is 1.21.